The predicted molar refractivity (Wildman–Crippen MR) is 54.7 cm³/mol. The van der Waals surface area contributed by atoms with E-state index >= 15 is 0 Å². The minimum Gasteiger partial charge on any atom is -0.377 e. The maximum Gasteiger partial charge on any atom is 0.0596 e. The van der Waals surface area contributed by atoms with E-state index in [-0.39, 0.29) is 0 Å². The highest BCUT2D eigenvalue weighted by Gasteiger charge is 2.28. The maximum atomic E-state index is 5.73. The molecule has 0 unspecified atom stereocenters. The quantitative estimate of drug-likeness (QED) is 0.691. The molecule has 0 saturated heterocycles. The molecule has 1 fully saturated rings. The highest BCUT2D eigenvalue weighted by atomic mass is 16.5. The Labute approximate surface area is 81.2 Å². The fraction of sp³-hybridized carbons (Fsp3) is 1.00. The van der Waals surface area contributed by atoms with Crippen molar-refractivity contribution in [3.63, 3.8) is 0 Å². The van der Waals surface area contributed by atoms with Gasteiger partial charge >= 0.3 is 0 Å². The fourth-order valence-electron chi connectivity index (χ4n) is 1.60. The van der Waals surface area contributed by atoms with Crippen LogP contribution >= 0.6 is 0 Å². The summed E-state index contributed by atoms with van der Waals surface area (Å²) in [7, 11) is 2.15. The van der Waals surface area contributed by atoms with Crippen molar-refractivity contribution in [1.82, 2.24) is 4.90 Å². The molecule has 78 valence electrons. The molecular formula is C10H22N2O. The number of nitrogens with two attached hydrogens (primary N) is 1. The molecule has 0 amide bonds. The third-order valence-corrected chi connectivity index (χ3v) is 2.67. The SMILES string of the molecule is CC(C)OCCN(C)C1CC(N)C1. The Kier molecular flexibility index (Phi) is 4.16. The van der Waals surface area contributed by atoms with E-state index in [0.717, 1.165) is 26.0 Å². The summed E-state index contributed by atoms with van der Waals surface area (Å²) < 4.78 is 5.49. The van der Waals surface area contributed by atoms with Crippen molar-refractivity contribution >= 4 is 0 Å². The van der Waals surface area contributed by atoms with Crippen LogP contribution < -0.4 is 5.73 Å². The first-order valence-electron chi connectivity index (χ1n) is 5.17. The van der Waals surface area contributed by atoms with Crippen molar-refractivity contribution in [3.8, 4) is 0 Å². The average Bonchev–Trinajstić information content (AvgIpc) is 1.97. The summed E-state index contributed by atoms with van der Waals surface area (Å²) in [6, 6.07) is 1.14. The van der Waals surface area contributed by atoms with E-state index in [2.05, 4.69) is 25.8 Å². The van der Waals surface area contributed by atoms with E-state index in [1.165, 1.54) is 0 Å². The molecule has 0 atom stereocenters. The number of likely N-dealkylation sites (N-methyl/N-ethyl adjacent to an activating group) is 1. The summed E-state index contributed by atoms with van der Waals surface area (Å²) >= 11 is 0. The normalized spacial score (nSPS) is 28.2. The molecule has 0 bridgehead atoms. The first kappa shape index (κ1) is 11.0. The molecule has 2 N–H and O–H groups in total. The number of nitrogens with zero attached hydrogens (tertiary/aromatic N) is 1. The van der Waals surface area contributed by atoms with Crippen LogP contribution in [-0.4, -0.2) is 43.3 Å². The lowest BCUT2D eigenvalue weighted by Crippen LogP contribution is -2.49. The molecule has 0 aromatic carbocycles. The van der Waals surface area contributed by atoms with E-state index < -0.39 is 0 Å². The van der Waals surface area contributed by atoms with Gasteiger partial charge in [-0.25, -0.2) is 0 Å². The van der Waals surface area contributed by atoms with Gasteiger partial charge in [0, 0.05) is 18.6 Å². The van der Waals surface area contributed by atoms with Crippen molar-refractivity contribution in [2.24, 2.45) is 5.73 Å². The van der Waals surface area contributed by atoms with Gasteiger partial charge in [-0.05, 0) is 33.7 Å². The zero-order chi connectivity index (χ0) is 9.84. The van der Waals surface area contributed by atoms with Crippen LogP contribution in [0.4, 0.5) is 0 Å². The summed E-state index contributed by atoms with van der Waals surface area (Å²) in [5, 5.41) is 0. The first-order valence-corrected chi connectivity index (χ1v) is 5.17. The lowest BCUT2D eigenvalue weighted by Gasteiger charge is -2.39. The average molecular weight is 186 g/mol. The second-order valence-corrected chi connectivity index (χ2v) is 4.29. The zero-order valence-corrected chi connectivity index (χ0v) is 8.99. The highest BCUT2D eigenvalue weighted by Crippen LogP contribution is 2.22. The van der Waals surface area contributed by atoms with Crippen LogP contribution in [0.2, 0.25) is 0 Å². The number of hydrogen-bond acceptors (Lipinski definition) is 3. The van der Waals surface area contributed by atoms with Crippen molar-refractivity contribution in [3.05, 3.63) is 0 Å². The fourth-order valence-corrected chi connectivity index (χ4v) is 1.60. The Hall–Kier alpha value is -0.120. The summed E-state index contributed by atoms with van der Waals surface area (Å²) in [6.45, 7) is 5.99. The van der Waals surface area contributed by atoms with Crippen LogP contribution in [0, 0.1) is 0 Å². The van der Waals surface area contributed by atoms with Crippen molar-refractivity contribution < 1.29 is 4.74 Å². The standard InChI is InChI=1S/C10H22N2O/c1-8(2)13-5-4-12(3)10-6-9(11)7-10/h8-10H,4-7,11H2,1-3H3. The molecule has 3 nitrogen and oxygen atoms in total. The van der Waals surface area contributed by atoms with Gasteiger partial charge in [0.15, 0.2) is 0 Å². The molecule has 0 heterocycles. The highest BCUT2D eigenvalue weighted by molar-refractivity contribution is 4.88. The summed E-state index contributed by atoms with van der Waals surface area (Å²) in [5.74, 6) is 0. The minimum absolute atomic E-state index is 0.344. The van der Waals surface area contributed by atoms with E-state index in [0.29, 0.717) is 18.2 Å². The Morgan fingerprint density at radius 3 is 2.54 bits per heavy atom. The number of rotatable bonds is 5. The topological polar surface area (TPSA) is 38.5 Å². The lowest BCUT2D eigenvalue weighted by molar-refractivity contribution is 0.0424. The predicted octanol–water partition coefficient (Wildman–Crippen LogP) is 0.833. The van der Waals surface area contributed by atoms with Gasteiger partial charge in [-0.2, -0.15) is 0 Å². The van der Waals surface area contributed by atoms with Gasteiger partial charge in [-0.3, -0.25) is 0 Å². The second kappa shape index (κ2) is 4.94. The Morgan fingerprint density at radius 1 is 1.46 bits per heavy atom. The van der Waals surface area contributed by atoms with E-state index in [1.54, 1.807) is 0 Å². The third-order valence-electron chi connectivity index (χ3n) is 2.67. The maximum absolute atomic E-state index is 5.73. The molecule has 0 aliphatic heterocycles. The first-order chi connectivity index (χ1) is 6.09. The molecule has 1 saturated carbocycles. The van der Waals surface area contributed by atoms with Crippen LogP contribution in [0.3, 0.4) is 0 Å². The largest absolute Gasteiger partial charge is 0.377 e. The van der Waals surface area contributed by atoms with Crippen LogP contribution in [-0.2, 0) is 4.74 Å². The van der Waals surface area contributed by atoms with Gasteiger partial charge < -0.3 is 15.4 Å². The van der Waals surface area contributed by atoms with Crippen molar-refractivity contribution in [2.75, 3.05) is 20.2 Å². The Bertz CT molecular complexity index is 144. The van der Waals surface area contributed by atoms with Crippen molar-refractivity contribution in [2.45, 2.75) is 44.9 Å². The van der Waals surface area contributed by atoms with Gasteiger partial charge in [0.25, 0.3) is 0 Å². The number of hydrogen-bond donors (Lipinski definition) is 1. The molecule has 0 aromatic rings. The Morgan fingerprint density at radius 2 is 2.08 bits per heavy atom. The monoisotopic (exact) mass is 186 g/mol. The van der Waals surface area contributed by atoms with Gasteiger partial charge in [0.2, 0.25) is 0 Å². The van der Waals surface area contributed by atoms with Crippen molar-refractivity contribution in [1.29, 1.82) is 0 Å². The third kappa shape index (κ3) is 3.63. The Balaban J connectivity index is 2.01. The lowest BCUT2D eigenvalue weighted by atomic mass is 9.86. The molecular weight excluding hydrogens is 164 g/mol. The van der Waals surface area contributed by atoms with E-state index in [9.17, 15) is 0 Å². The van der Waals surface area contributed by atoms with Crippen LogP contribution in [0.1, 0.15) is 26.7 Å². The van der Waals surface area contributed by atoms with E-state index in [1.807, 2.05) is 0 Å². The molecule has 13 heavy (non-hydrogen) atoms. The summed E-state index contributed by atoms with van der Waals surface area (Å²) in [5.41, 5.74) is 5.73. The van der Waals surface area contributed by atoms with Crippen LogP contribution in [0.25, 0.3) is 0 Å². The molecule has 1 aliphatic rings. The molecule has 1 rings (SSSR count). The van der Waals surface area contributed by atoms with Gasteiger partial charge in [-0.15, -0.1) is 0 Å². The summed E-state index contributed by atoms with van der Waals surface area (Å²) in [6.07, 6.45) is 2.65. The van der Waals surface area contributed by atoms with Gasteiger partial charge in [-0.1, -0.05) is 0 Å². The van der Waals surface area contributed by atoms with Gasteiger partial charge in [0.05, 0.1) is 12.7 Å². The van der Waals surface area contributed by atoms with Crippen LogP contribution in [0.15, 0.2) is 0 Å². The van der Waals surface area contributed by atoms with Gasteiger partial charge in [0.1, 0.15) is 0 Å². The molecule has 0 radical (unpaired) electrons. The molecule has 0 spiro atoms. The minimum atomic E-state index is 0.344. The van der Waals surface area contributed by atoms with Crippen LogP contribution in [0.5, 0.6) is 0 Å². The molecule has 3 heteroatoms. The smallest absolute Gasteiger partial charge is 0.0596 e. The summed E-state index contributed by atoms with van der Waals surface area (Å²) in [4.78, 5) is 2.35. The molecule has 0 aromatic heterocycles. The molecule has 1 aliphatic carbocycles. The van der Waals surface area contributed by atoms with E-state index in [4.69, 9.17) is 10.5 Å². The second-order valence-electron chi connectivity index (χ2n) is 4.29. The number of ether oxygens (including phenoxy) is 1. The zero-order valence-electron chi connectivity index (χ0n) is 8.99.